The minimum atomic E-state index is -0.401. The van der Waals surface area contributed by atoms with Crippen LogP contribution in [0.5, 0.6) is 0 Å². The van der Waals surface area contributed by atoms with Crippen LogP contribution in [0, 0.1) is 0 Å². The molecule has 1 unspecified atom stereocenters. The van der Waals surface area contributed by atoms with E-state index >= 15 is 0 Å². The summed E-state index contributed by atoms with van der Waals surface area (Å²) < 4.78 is 4.38. The molecule has 4 rings (SSSR count). The van der Waals surface area contributed by atoms with Crippen molar-refractivity contribution in [3.8, 4) is 0 Å². The molecule has 0 radical (unpaired) electrons. The largest absolute Gasteiger partial charge is 0.341 e. The molecule has 148 valence electrons. The van der Waals surface area contributed by atoms with Gasteiger partial charge in [0.1, 0.15) is 0 Å². The predicted molar refractivity (Wildman–Crippen MR) is 110 cm³/mol. The molecule has 1 saturated heterocycles. The second-order valence-electron chi connectivity index (χ2n) is 7.32. The minimum Gasteiger partial charge on any atom is -0.341 e. The molecule has 0 bridgehead atoms. The van der Waals surface area contributed by atoms with Gasteiger partial charge in [0.15, 0.2) is 11.2 Å². The standard InChI is InChI=1S/C19H23ClN6O2/c1-23-16-15(17(27)24(2)19(23)28)26(10-12-6-3-4-8-14(12)20)18(22-16)25-9-5-7-13(21)11-25/h3-4,6,8,13H,5,7,9-11,21H2,1-2H3. The van der Waals surface area contributed by atoms with Gasteiger partial charge in [0.25, 0.3) is 5.56 Å². The summed E-state index contributed by atoms with van der Waals surface area (Å²) in [7, 11) is 3.11. The predicted octanol–water partition coefficient (Wildman–Crippen LogP) is 1.06. The molecule has 0 aliphatic carbocycles. The summed E-state index contributed by atoms with van der Waals surface area (Å²) in [5.74, 6) is 0.642. The lowest BCUT2D eigenvalue weighted by molar-refractivity contribution is 0.495. The molecule has 2 N–H and O–H groups in total. The van der Waals surface area contributed by atoms with Crippen LogP contribution in [0.2, 0.25) is 5.02 Å². The Hall–Kier alpha value is -2.58. The second-order valence-corrected chi connectivity index (χ2v) is 7.72. The van der Waals surface area contributed by atoms with E-state index in [4.69, 9.17) is 22.3 Å². The van der Waals surface area contributed by atoms with Crippen molar-refractivity contribution in [1.29, 1.82) is 0 Å². The van der Waals surface area contributed by atoms with Crippen molar-refractivity contribution in [3.63, 3.8) is 0 Å². The van der Waals surface area contributed by atoms with Crippen LogP contribution >= 0.6 is 11.6 Å². The lowest BCUT2D eigenvalue weighted by Crippen LogP contribution is -2.44. The zero-order valence-corrected chi connectivity index (χ0v) is 16.7. The van der Waals surface area contributed by atoms with Crippen LogP contribution in [0.1, 0.15) is 18.4 Å². The molecular formula is C19H23ClN6O2. The van der Waals surface area contributed by atoms with Crippen LogP contribution in [-0.2, 0) is 20.6 Å². The zero-order chi connectivity index (χ0) is 20.0. The summed E-state index contributed by atoms with van der Waals surface area (Å²) in [6.45, 7) is 1.83. The fraction of sp³-hybridized carbons (Fsp3) is 0.421. The Bertz CT molecular complexity index is 1160. The Morgan fingerprint density at radius 1 is 1.21 bits per heavy atom. The average molecular weight is 403 g/mol. The Balaban J connectivity index is 1.98. The van der Waals surface area contributed by atoms with E-state index < -0.39 is 5.69 Å². The SMILES string of the molecule is Cn1c(=O)c2c(nc(N3CCCC(N)C3)n2Cc2ccccc2Cl)n(C)c1=O. The van der Waals surface area contributed by atoms with E-state index in [2.05, 4.69) is 4.90 Å². The van der Waals surface area contributed by atoms with E-state index in [1.54, 1.807) is 7.05 Å². The molecule has 3 aromatic rings. The van der Waals surface area contributed by atoms with Crippen LogP contribution < -0.4 is 21.9 Å². The molecule has 9 heteroatoms. The molecule has 8 nitrogen and oxygen atoms in total. The third-order valence-electron chi connectivity index (χ3n) is 5.35. The van der Waals surface area contributed by atoms with Crippen molar-refractivity contribution in [2.24, 2.45) is 19.8 Å². The molecule has 28 heavy (non-hydrogen) atoms. The number of hydrogen-bond donors (Lipinski definition) is 1. The Morgan fingerprint density at radius 2 is 1.96 bits per heavy atom. The van der Waals surface area contributed by atoms with Gasteiger partial charge < -0.3 is 10.6 Å². The summed E-state index contributed by atoms with van der Waals surface area (Å²) in [4.78, 5) is 32.1. The Morgan fingerprint density at radius 3 is 2.68 bits per heavy atom. The van der Waals surface area contributed by atoms with E-state index in [0.717, 1.165) is 29.5 Å². The molecule has 0 amide bonds. The number of aryl methyl sites for hydroxylation is 1. The third kappa shape index (κ3) is 3.02. The van der Waals surface area contributed by atoms with Crippen LogP contribution in [0.4, 0.5) is 5.95 Å². The van der Waals surface area contributed by atoms with Gasteiger partial charge in [-0.2, -0.15) is 4.98 Å². The number of benzene rings is 1. The van der Waals surface area contributed by atoms with Crippen LogP contribution in [0.25, 0.3) is 11.2 Å². The zero-order valence-electron chi connectivity index (χ0n) is 15.9. The topological polar surface area (TPSA) is 91.1 Å². The van der Waals surface area contributed by atoms with E-state index in [1.807, 2.05) is 28.8 Å². The number of nitrogens with zero attached hydrogens (tertiary/aromatic N) is 5. The lowest BCUT2D eigenvalue weighted by Gasteiger charge is -2.32. The number of halogens is 1. The third-order valence-corrected chi connectivity index (χ3v) is 5.72. The maximum absolute atomic E-state index is 13.0. The number of nitrogens with two attached hydrogens (primary N) is 1. The molecule has 0 spiro atoms. The molecule has 1 aliphatic rings. The quantitative estimate of drug-likeness (QED) is 0.707. The molecular weight excluding hydrogens is 380 g/mol. The van der Waals surface area contributed by atoms with Crippen molar-refractivity contribution in [2.45, 2.75) is 25.4 Å². The van der Waals surface area contributed by atoms with Crippen molar-refractivity contribution in [1.82, 2.24) is 18.7 Å². The smallest absolute Gasteiger partial charge is 0.332 e. The Kier molecular flexibility index (Phi) is 4.76. The van der Waals surface area contributed by atoms with Gasteiger partial charge in [-0.1, -0.05) is 29.8 Å². The molecule has 3 heterocycles. The summed E-state index contributed by atoms with van der Waals surface area (Å²) in [6.07, 6.45) is 1.91. The van der Waals surface area contributed by atoms with E-state index in [0.29, 0.717) is 35.2 Å². The maximum atomic E-state index is 13.0. The fourth-order valence-electron chi connectivity index (χ4n) is 3.81. The number of aromatic nitrogens is 4. The molecule has 1 atom stereocenters. The summed E-state index contributed by atoms with van der Waals surface area (Å²) in [6, 6.07) is 7.57. The number of hydrogen-bond acceptors (Lipinski definition) is 5. The highest BCUT2D eigenvalue weighted by Gasteiger charge is 2.26. The number of imidazole rings is 1. The summed E-state index contributed by atoms with van der Waals surface area (Å²) in [5.41, 5.74) is 7.03. The molecule has 2 aromatic heterocycles. The Labute approximate surface area is 166 Å². The molecule has 1 aliphatic heterocycles. The van der Waals surface area contributed by atoms with Gasteiger partial charge in [0, 0.05) is 38.2 Å². The van der Waals surface area contributed by atoms with Gasteiger partial charge in [-0.05, 0) is 24.5 Å². The molecule has 1 fully saturated rings. The van der Waals surface area contributed by atoms with E-state index in [-0.39, 0.29) is 11.6 Å². The van der Waals surface area contributed by atoms with E-state index in [1.165, 1.54) is 11.6 Å². The number of anilines is 1. The fourth-order valence-corrected chi connectivity index (χ4v) is 4.01. The van der Waals surface area contributed by atoms with E-state index in [9.17, 15) is 9.59 Å². The first-order valence-corrected chi connectivity index (χ1v) is 9.66. The molecule has 0 saturated carbocycles. The number of fused-ring (bicyclic) bond motifs is 1. The average Bonchev–Trinajstić information content (AvgIpc) is 3.06. The normalized spacial score (nSPS) is 17.4. The van der Waals surface area contributed by atoms with Crippen molar-refractivity contribution >= 4 is 28.7 Å². The highest BCUT2D eigenvalue weighted by molar-refractivity contribution is 6.31. The first-order valence-electron chi connectivity index (χ1n) is 9.28. The number of piperidine rings is 1. The van der Waals surface area contributed by atoms with Crippen LogP contribution in [-0.4, -0.2) is 37.8 Å². The highest BCUT2D eigenvalue weighted by atomic mass is 35.5. The van der Waals surface area contributed by atoms with Crippen LogP contribution in [0.15, 0.2) is 33.9 Å². The van der Waals surface area contributed by atoms with Crippen molar-refractivity contribution < 1.29 is 0 Å². The van der Waals surface area contributed by atoms with Crippen LogP contribution in [0.3, 0.4) is 0 Å². The van der Waals surface area contributed by atoms with Crippen molar-refractivity contribution in [3.05, 3.63) is 55.7 Å². The van der Waals surface area contributed by atoms with Gasteiger partial charge in [-0.25, -0.2) is 4.79 Å². The summed E-state index contributed by atoms with van der Waals surface area (Å²) >= 11 is 6.38. The number of rotatable bonds is 3. The monoisotopic (exact) mass is 402 g/mol. The van der Waals surface area contributed by atoms with Crippen molar-refractivity contribution in [2.75, 3.05) is 18.0 Å². The minimum absolute atomic E-state index is 0.0500. The molecule has 1 aromatic carbocycles. The van der Waals surface area contributed by atoms with Gasteiger partial charge in [-0.15, -0.1) is 0 Å². The second kappa shape index (κ2) is 7.10. The van der Waals surface area contributed by atoms with Gasteiger partial charge in [0.2, 0.25) is 5.95 Å². The first-order chi connectivity index (χ1) is 13.4. The highest BCUT2D eigenvalue weighted by Crippen LogP contribution is 2.26. The van der Waals surface area contributed by atoms with Gasteiger partial charge in [-0.3, -0.25) is 18.5 Å². The lowest BCUT2D eigenvalue weighted by atomic mass is 10.1. The van der Waals surface area contributed by atoms with Gasteiger partial charge >= 0.3 is 5.69 Å². The van der Waals surface area contributed by atoms with Gasteiger partial charge in [0.05, 0.1) is 6.54 Å². The maximum Gasteiger partial charge on any atom is 0.332 e. The first kappa shape index (κ1) is 18.8. The summed E-state index contributed by atoms with van der Waals surface area (Å²) in [5, 5.41) is 0.618.